The molecule has 0 aliphatic rings. The van der Waals surface area contributed by atoms with Gasteiger partial charge in [0, 0.05) is 21.2 Å². The number of hydrogen-bond donors (Lipinski definition) is 0. The molecule has 1 amide bonds. The maximum Gasteiger partial charge on any atom is 0.340 e. The van der Waals surface area contributed by atoms with E-state index in [1.54, 1.807) is 26.2 Å². The number of methoxy groups -OCH3 is 1. The lowest BCUT2D eigenvalue weighted by Gasteiger charge is -2.20. The largest absolute Gasteiger partial charge is 0.450 e. The van der Waals surface area contributed by atoms with Gasteiger partial charge in [0.1, 0.15) is 0 Å². The van der Waals surface area contributed by atoms with Crippen LogP contribution in [-0.2, 0) is 19.1 Å². The second kappa shape index (κ2) is 6.89. The molecular weight excluding hydrogens is 246 g/mol. The number of benzene rings is 1. The first-order chi connectivity index (χ1) is 8.97. The van der Waals surface area contributed by atoms with E-state index in [9.17, 15) is 9.59 Å². The summed E-state index contributed by atoms with van der Waals surface area (Å²) in [6.45, 7) is 1.54. The zero-order chi connectivity index (χ0) is 14.4. The van der Waals surface area contributed by atoms with Gasteiger partial charge in [0.15, 0.2) is 12.2 Å². The number of hydrogen-bond acceptors (Lipinski definition) is 4. The molecule has 1 aromatic carbocycles. The Morgan fingerprint density at radius 1 is 1.16 bits per heavy atom. The quantitative estimate of drug-likeness (QED) is 0.755. The SMILES string of the molecule is CO[C@@H](C(=O)O[C@@H](C)C(=O)N(C)C)c1ccccc1. The fraction of sp³-hybridized carbons (Fsp3) is 0.429. The molecule has 0 aliphatic heterocycles. The summed E-state index contributed by atoms with van der Waals surface area (Å²) in [7, 11) is 4.65. The zero-order valence-electron chi connectivity index (χ0n) is 11.6. The maximum atomic E-state index is 12.0. The van der Waals surface area contributed by atoms with E-state index in [2.05, 4.69) is 0 Å². The van der Waals surface area contributed by atoms with Crippen LogP contribution in [0.2, 0.25) is 0 Å². The predicted molar refractivity (Wildman–Crippen MR) is 70.4 cm³/mol. The lowest BCUT2D eigenvalue weighted by atomic mass is 10.1. The van der Waals surface area contributed by atoms with Crippen LogP contribution in [0.5, 0.6) is 0 Å². The molecule has 19 heavy (non-hydrogen) atoms. The highest BCUT2D eigenvalue weighted by atomic mass is 16.6. The van der Waals surface area contributed by atoms with Crippen LogP contribution < -0.4 is 0 Å². The lowest BCUT2D eigenvalue weighted by Crippen LogP contribution is -2.36. The molecular formula is C14H19NO4. The third kappa shape index (κ3) is 4.06. The summed E-state index contributed by atoms with van der Waals surface area (Å²) in [4.78, 5) is 25.0. The molecule has 5 heteroatoms. The first-order valence-corrected chi connectivity index (χ1v) is 5.96. The van der Waals surface area contributed by atoms with E-state index < -0.39 is 18.2 Å². The number of carbonyl (C=O) groups is 2. The van der Waals surface area contributed by atoms with Crippen LogP contribution in [0, 0.1) is 0 Å². The van der Waals surface area contributed by atoms with E-state index in [4.69, 9.17) is 9.47 Å². The summed E-state index contributed by atoms with van der Waals surface area (Å²) < 4.78 is 10.3. The number of amides is 1. The Morgan fingerprint density at radius 2 is 1.74 bits per heavy atom. The van der Waals surface area contributed by atoms with Crippen LogP contribution in [0.15, 0.2) is 30.3 Å². The molecule has 0 bridgehead atoms. The van der Waals surface area contributed by atoms with Gasteiger partial charge in [0.05, 0.1) is 0 Å². The van der Waals surface area contributed by atoms with Gasteiger partial charge in [-0.25, -0.2) is 4.79 Å². The fourth-order valence-electron chi connectivity index (χ4n) is 1.65. The highest BCUT2D eigenvalue weighted by molar-refractivity contribution is 5.84. The molecule has 0 N–H and O–H groups in total. The zero-order valence-corrected chi connectivity index (χ0v) is 11.6. The second-order valence-corrected chi connectivity index (χ2v) is 4.34. The molecule has 0 spiro atoms. The summed E-state index contributed by atoms with van der Waals surface area (Å²) in [5.74, 6) is -0.840. The molecule has 5 nitrogen and oxygen atoms in total. The summed E-state index contributed by atoms with van der Waals surface area (Å²) in [6, 6.07) is 9.01. The Labute approximate surface area is 113 Å². The predicted octanol–water partition coefficient (Wildman–Crippen LogP) is 1.39. The van der Waals surface area contributed by atoms with Gasteiger partial charge in [-0.15, -0.1) is 0 Å². The Morgan fingerprint density at radius 3 is 2.21 bits per heavy atom. The molecule has 0 saturated heterocycles. The number of rotatable bonds is 5. The van der Waals surface area contributed by atoms with Crippen molar-refractivity contribution in [3.05, 3.63) is 35.9 Å². The Bertz CT molecular complexity index is 430. The van der Waals surface area contributed by atoms with E-state index in [0.29, 0.717) is 5.56 Å². The average molecular weight is 265 g/mol. The fourth-order valence-corrected chi connectivity index (χ4v) is 1.65. The van der Waals surface area contributed by atoms with Crippen LogP contribution in [0.25, 0.3) is 0 Å². The Balaban J connectivity index is 2.73. The minimum Gasteiger partial charge on any atom is -0.450 e. The smallest absolute Gasteiger partial charge is 0.340 e. The van der Waals surface area contributed by atoms with Gasteiger partial charge in [-0.2, -0.15) is 0 Å². The topological polar surface area (TPSA) is 55.8 Å². The van der Waals surface area contributed by atoms with Crippen LogP contribution >= 0.6 is 0 Å². The molecule has 1 rings (SSSR count). The minimum absolute atomic E-state index is 0.267. The molecule has 0 aromatic heterocycles. The summed E-state index contributed by atoms with van der Waals surface area (Å²) in [5, 5.41) is 0. The van der Waals surface area contributed by atoms with Crippen molar-refractivity contribution in [3.8, 4) is 0 Å². The van der Waals surface area contributed by atoms with Gasteiger partial charge in [-0.05, 0) is 12.5 Å². The minimum atomic E-state index is -0.830. The number of ether oxygens (including phenoxy) is 2. The monoisotopic (exact) mass is 265 g/mol. The number of carbonyl (C=O) groups excluding carboxylic acids is 2. The van der Waals surface area contributed by atoms with Gasteiger partial charge < -0.3 is 14.4 Å². The first-order valence-electron chi connectivity index (χ1n) is 5.96. The molecule has 0 aliphatic carbocycles. The van der Waals surface area contributed by atoms with Gasteiger partial charge in [-0.3, -0.25) is 4.79 Å². The van der Waals surface area contributed by atoms with E-state index in [1.165, 1.54) is 18.9 Å². The van der Waals surface area contributed by atoms with Gasteiger partial charge >= 0.3 is 5.97 Å². The standard InChI is InChI=1S/C14H19NO4/c1-10(13(16)15(2)3)19-14(17)12(18-4)11-8-6-5-7-9-11/h5-10,12H,1-4H3/t10-,12+/m0/s1. The molecule has 1 aromatic rings. The third-order valence-electron chi connectivity index (χ3n) is 2.63. The van der Waals surface area contributed by atoms with E-state index in [-0.39, 0.29) is 5.91 Å². The normalized spacial score (nSPS) is 13.5. The van der Waals surface area contributed by atoms with Gasteiger partial charge in [0.25, 0.3) is 5.91 Å². The highest BCUT2D eigenvalue weighted by Gasteiger charge is 2.26. The Kier molecular flexibility index (Phi) is 5.51. The molecule has 0 radical (unpaired) electrons. The van der Waals surface area contributed by atoms with E-state index in [1.807, 2.05) is 18.2 Å². The summed E-state index contributed by atoms with van der Waals surface area (Å²) >= 11 is 0. The van der Waals surface area contributed by atoms with Crippen LogP contribution in [0.4, 0.5) is 0 Å². The number of esters is 1. The highest BCUT2D eigenvalue weighted by Crippen LogP contribution is 2.18. The number of nitrogens with zero attached hydrogens (tertiary/aromatic N) is 1. The maximum absolute atomic E-state index is 12.0. The van der Waals surface area contributed by atoms with Crippen molar-refractivity contribution in [3.63, 3.8) is 0 Å². The third-order valence-corrected chi connectivity index (χ3v) is 2.63. The van der Waals surface area contributed by atoms with Crippen molar-refractivity contribution in [2.24, 2.45) is 0 Å². The Hall–Kier alpha value is -1.88. The van der Waals surface area contributed by atoms with Gasteiger partial charge in [0.2, 0.25) is 0 Å². The number of likely N-dealkylation sites (N-methyl/N-ethyl adjacent to an activating group) is 1. The van der Waals surface area contributed by atoms with Crippen LogP contribution in [0.3, 0.4) is 0 Å². The van der Waals surface area contributed by atoms with E-state index >= 15 is 0 Å². The molecule has 0 saturated carbocycles. The van der Waals surface area contributed by atoms with Crippen LogP contribution in [-0.4, -0.2) is 44.1 Å². The summed E-state index contributed by atoms with van der Waals surface area (Å²) in [5.41, 5.74) is 0.694. The molecule has 0 heterocycles. The molecule has 0 unspecified atom stereocenters. The van der Waals surface area contributed by atoms with Crippen molar-refractivity contribution < 1.29 is 19.1 Å². The molecule has 104 valence electrons. The van der Waals surface area contributed by atoms with Crippen molar-refractivity contribution >= 4 is 11.9 Å². The van der Waals surface area contributed by atoms with Crippen LogP contribution in [0.1, 0.15) is 18.6 Å². The average Bonchev–Trinajstić information content (AvgIpc) is 2.39. The van der Waals surface area contributed by atoms with Crippen molar-refractivity contribution in [2.45, 2.75) is 19.1 Å². The summed E-state index contributed by atoms with van der Waals surface area (Å²) in [6.07, 6.45) is -1.65. The van der Waals surface area contributed by atoms with Crippen molar-refractivity contribution in [1.82, 2.24) is 4.90 Å². The van der Waals surface area contributed by atoms with Crippen molar-refractivity contribution in [2.75, 3.05) is 21.2 Å². The second-order valence-electron chi connectivity index (χ2n) is 4.34. The van der Waals surface area contributed by atoms with Crippen molar-refractivity contribution in [1.29, 1.82) is 0 Å². The lowest BCUT2D eigenvalue weighted by molar-refractivity contribution is -0.167. The van der Waals surface area contributed by atoms with E-state index in [0.717, 1.165) is 0 Å². The van der Waals surface area contributed by atoms with Gasteiger partial charge in [-0.1, -0.05) is 30.3 Å². The molecule has 2 atom stereocenters. The molecule has 0 fully saturated rings. The first kappa shape index (κ1) is 15.2.